The average Bonchev–Trinajstić information content (AvgIpc) is 2.16. The first kappa shape index (κ1) is 12.0. The molecular formula is C10H8Cl2O3. The monoisotopic (exact) mass is 246 g/mol. The minimum absolute atomic E-state index is 0.139. The molecule has 0 bridgehead atoms. The van der Waals surface area contributed by atoms with Crippen LogP contribution in [0.15, 0.2) is 18.2 Å². The van der Waals surface area contributed by atoms with Crippen LogP contribution in [0.1, 0.15) is 23.7 Å². The van der Waals surface area contributed by atoms with E-state index in [0.717, 1.165) is 0 Å². The lowest BCUT2D eigenvalue weighted by Crippen LogP contribution is -2.11. The van der Waals surface area contributed by atoms with E-state index < -0.39 is 11.9 Å². The van der Waals surface area contributed by atoms with Crippen LogP contribution in [-0.2, 0) is 9.53 Å². The van der Waals surface area contributed by atoms with E-state index in [1.807, 2.05) is 0 Å². The van der Waals surface area contributed by atoms with Gasteiger partial charge in [0.05, 0.1) is 5.56 Å². The summed E-state index contributed by atoms with van der Waals surface area (Å²) >= 11 is 11.4. The van der Waals surface area contributed by atoms with Crippen molar-refractivity contribution in [2.24, 2.45) is 0 Å². The number of hydrogen-bond acceptors (Lipinski definition) is 3. The van der Waals surface area contributed by atoms with Crippen LogP contribution in [-0.4, -0.2) is 11.9 Å². The van der Waals surface area contributed by atoms with Gasteiger partial charge in [0.25, 0.3) is 0 Å². The normalized spacial score (nSPS) is 9.80. The molecule has 0 saturated carbocycles. The highest BCUT2D eigenvalue weighted by Crippen LogP contribution is 2.19. The van der Waals surface area contributed by atoms with Gasteiger partial charge in [0.1, 0.15) is 0 Å². The quantitative estimate of drug-likeness (QED) is 0.595. The fourth-order valence-electron chi connectivity index (χ4n) is 0.906. The van der Waals surface area contributed by atoms with Crippen molar-refractivity contribution < 1.29 is 14.3 Å². The van der Waals surface area contributed by atoms with Crippen molar-refractivity contribution >= 4 is 35.1 Å². The van der Waals surface area contributed by atoms with Gasteiger partial charge in [0.2, 0.25) is 0 Å². The number of ether oxygens (including phenoxy) is 1. The van der Waals surface area contributed by atoms with Crippen molar-refractivity contribution in [1.29, 1.82) is 0 Å². The summed E-state index contributed by atoms with van der Waals surface area (Å²) in [4.78, 5) is 22.2. The zero-order chi connectivity index (χ0) is 11.4. The van der Waals surface area contributed by atoms with Crippen molar-refractivity contribution in [3.63, 3.8) is 0 Å². The summed E-state index contributed by atoms with van der Waals surface area (Å²) in [6.07, 6.45) is 0.139. The third-order valence-corrected chi connectivity index (χ3v) is 2.03. The molecule has 0 spiro atoms. The lowest BCUT2D eigenvalue weighted by atomic mass is 10.2. The zero-order valence-electron chi connectivity index (χ0n) is 7.92. The predicted molar refractivity (Wildman–Crippen MR) is 57.2 cm³/mol. The molecule has 0 N–H and O–H groups in total. The van der Waals surface area contributed by atoms with Gasteiger partial charge >= 0.3 is 11.9 Å². The van der Waals surface area contributed by atoms with E-state index in [0.29, 0.717) is 10.0 Å². The van der Waals surface area contributed by atoms with Gasteiger partial charge in [-0.3, -0.25) is 4.79 Å². The topological polar surface area (TPSA) is 43.4 Å². The van der Waals surface area contributed by atoms with E-state index >= 15 is 0 Å². The molecule has 0 aliphatic rings. The van der Waals surface area contributed by atoms with Crippen LogP contribution in [0.4, 0.5) is 0 Å². The molecular weight excluding hydrogens is 239 g/mol. The van der Waals surface area contributed by atoms with Crippen molar-refractivity contribution in [3.05, 3.63) is 33.8 Å². The van der Waals surface area contributed by atoms with Crippen molar-refractivity contribution in [1.82, 2.24) is 0 Å². The number of rotatable bonds is 2. The van der Waals surface area contributed by atoms with Crippen LogP contribution >= 0.6 is 23.2 Å². The maximum Gasteiger partial charge on any atom is 0.345 e. The number of carbonyl (C=O) groups excluding carboxylic acids is 2. The third-order valence-electron chi connectivity index (χ3n) is 1.59. The molecule has 0 aliphatic carbocycles. The lowest BCUT2D eigenvalue weighted by molar-refractivity contribution is -0.137. The first-order chi connectivity index (χ1) is 7.02. The first-order valence-electron chi connectivity index (χ1n) is 4.24. The molecule has 0 radical (unpaired) electrons. The van der Waals surface area contributed by atoms with Gasteiger partial charge in [-0.15, -0.1) is 0 Å². The maximum atomic E-state index is 11.4. The van der Waals surface area contributed by atoms with Crippen LogP contribution < -0.4 is 0 Å². The first-order valence-corrected chi connectivity index (χ1v) is 4.99. The molecule has 1 aromatic rings. The van der Waals surface area contributed by atoms with Gasteiger partial charge in [0, 0.05) is 16.5 Å². The Morgan fingerprint density at radius 2 is 1.73 bits per heavy atom. The molecule has 0 amide bonds. The Balaban J connectivity index is 2.86. The molecule has 1 rings (SSSR count). The van der Waals surface area contributed by atoms with E-state index in [1.165, 1.54) is 18.2 Å². The predicted octanol–water partition coefficient (Wildman–Crippen LogP) is 3.09. The molecule has 0 aliphatic heterocycles. The Hall–Kier alpha value is -1.06. The Bertz CT molecular complexity index is 381. The summed E-state index contributed by atoms with van der Waals surface area (Å²) in [7, 11) is 0. The molecule has 0 unspecified atom stereocenters. The van der Waals surface area contributed by atoms with Crippen LogP contribution in [0.25, 0.3) is 0 Å². The Labute approximate surface area is 96.9 Å². The summed E-state index contributed by atoms with van der Waals surface area (Å²) < 4.78 is 4.50. The van der Waals surface area contributed by atoms with Crippen LogP contribution in [0.3, 0.4) is 0 Å². The van der Waals surface area contributed by atoms with Gasteiger partial charge in [-0.2, -0.15) is 0 Å². The molecule has 15 heavy (non-hydrogen) atoms. The van der Waals surface area contributed by atoms with Crippen molar-refractivity contribution in [3.8, 4) is 0 Å². The molecule has 0 atom stereocenters. The number of carbonyl (C=O) groups is 2. The van der Waals surface area contributed by atoms with E-state index in [2.05, 4.69) is 4.74 Å². The molecule has 3 nitrogen and oxygen atoms in total. The fraction of sp³-hybridized carbons (Fsp3) is 0.200. The largest absolute Gasteiger partial charge is 0.389 e. The summed E-state index contributed by atoms with van der Waals surface area (Å²) in [5.74, 6) is -1.33. The Morgan fingerprint density at radius 1 is 1.20 bits per heavy atom. The number of benzene rings is 1. The summed E-state index contributed by atoms with van der Waals surface area (Å²) in [5, 5.41) is 0.636. The second-order valence-corrected chi connectivity index (χ2v) is 3.65. The highest BCUT2D eigenvalue weighted by atomic mass is 35.5. The van der Waals surface area contributed by atoms with Crippen molar-refractivity contribution in [2.45, 2.75) is 13.3 Å². The van der Waals surface area contributed by atoms with E-state index in [-0.39, 0.29) is 12.0 Å². The van der Waals surface area contributed by atoms with Gasteiger partial charge in [-0.05, 0) is 18.2 Å². The second kappa shape index (κ2) is 5.14. The summed E-state index contributed by atoms with van der Waals surface area (Å²) in [6.45, 7) is 1.60. The van der Waals surface area contributed by atoms with E-state index in [9.17, 15) is 9.59 Å². The molecule has 80 valence electrons. The third kappa shape index (κ3) is 3.53. The Morgan fingerprint density at radius 3 is 2.20 bits per heavy atom. The highest BCUT2D eigenvalue weighted by molar-refractivity contribution is 6.35. The molecule has 0 heterocycles. The average molecular weight is 247 g/mol. The standard InChI is InChI=1S/C10H8Cl2O3/c1-2-9(13)15-10(14)6-3-7(11)5-8(12)4-6/h3-5H,2H2,1H3. The van der Waals surface area contributed by atoms with E-state index in [4.69, 9.17) is 23.2 Å². The molecule has 0 fully saturated rings. The Kier molecular flexibility index (Phi) is 4.12. The van der Waals surface area contributed by atoms with Crippen molar-refractivity contribution in [2.75, 3.05) is 0 Å². The minimum atomic E-state index is -0.744. The number of halogens is 2. The fourth-order valence-corrected chi connectivity index (χ4v) is 1.43. The van der Waals surface area contributed by atoms with E-state index in [1.54, 1.807) is 6.92 Å². The SMILES string of the molecule is CCC(=O)OC(=O)c1cc(Cl)cc(Cl)c1. The molecule has 0 aromatic heterocycles. The second-order valence-electron chi connectivity index (χ2n) is 2.77. The maximum absolute atomic E-state index is 11.4. The van der Waals surface area contributed by atoms with Crippen LogP contribution in [0, 0.1) is 0 Å². The molecule has 1 aromatic carbocycles. The minimum Gasteiger partial charge on any atom is -0.389 e. The summed E-state index contributed by atoms with van der Waals surface area (Å²) in [5.41, 5.74) is 0.161. The lowest BCUT2D eigenvalue weighted by Gasteiger charge is -2.02. The van der Waals surface area contributed by atoms with Crippen LogP contribution in [0.5, 0.6) is 0 Å². The molecule has 5 heteroatoms. The van der Waals surface area contributed by atoms with Gasteiger partial charge < -0.3 is 4.74 Å². The van der Waals surface area contributed by atoms with Gasteiger partial charge in [0.15, 0.2) is 0 Å². The van der Waals surface area contributed by atoms with Crippen LogP contribution in [0.2, 0.25) is 10.0 Å². The summed E-state index contributed by atoms with van der Waals surface area (Å²) in [6, 6.07) is 4.26. The number of esters is 2. The van der Waals surface area contributed by atoms with Gasteiger partial charge in [-0.1, -0.05) is 30.1 Å². The highest BCUT2D eigenvalue weighted by Gasteiger charge is 2.12. The number of hydrogen-bond donors (Lipinski definition) is 0. The zero-order valence-corrected chi connectivity index (χ0v) is 9.43. The smallest absolute Gasteiger partial charge is 0.345 e. The molecule has 0 saturated heterocycles. The van der Waals surface area contributed by atoms with Gasteiger partial charge in [-0.25, -0.2) is 4.79 Å².